The highest BCUT2D eigenvalue weighted by molar-refractivity contribution is 7.87. The molecule has 12 heteroatoms. The number of thiazole rings is 1. The molecule has 2 aromatic rings. The summed E-state index contributed by atoms with van der Waals surface area (Å²) in [5.41, 5.74) is 0.818. The number of fused-ring (bicyclic) bond motifs is 3. The number of carbonyl (C=O) groups excluding carboxylic acids is 2. The van der Waals surface area contributed by atoms with E-state index in [0.717, 1.165) is 35.9 Å². The van der Waals surface area contributed by atoms with E-state index in [1.165, 1.54) is 15.6 Å². The molecule has 1 aromatic carbocycles. The summed E-state index contributed by atoms with van der Waals surface area (Å²) in [6.45, 7) is 1.63. The van der Waals surface area contributed by atoms with Crippen molar-refractivity contribution in [2.24, 2.45) is 11.8 Å². The van der Waals surface area contributed by atoms with E-state index in [0.29, 0.717) is 56.1 Å². The van der Waals surface area contributed by atoms with Crippen molar-refractivity contribution in [1.82, 2.24) is 24.6 Å². The molecule has 10 nitrogen and oxygen atoms in total. The zero-order chi connectivity index (χ0) is 24.4. The van der Waals surface area contributed by atoms with Gasteiger partial charge in [0.25, 0.3) is 5.91 Å². The van der Waals surface area contributed by atoms with Gasteiger partial charge in [0.15, 0.2) is 5.01 Å². The Kier molecular flexibility index (Phi) is 7.24. The second kappa shape index (κ2) is 10.4. The molecule has 3 aliphatic rings. The van der Waals surface area contributed by atoms with Gasteiger partial charge in [0, 0.05) is 32.1 Å². The van der Waals surface area contributed by atoms with E-state index in [-0.39, 0.29) is 17.9 Å². The molecule has 2 bridgehead atoms. The highest BCUT2D eigenvalue weighted by Crippen LogP contribution is 2.38. The number of hydrogen-bond acceptors (Lipinski definition) is 7. The third kappa shape index (κ3) is 5.76. The molecule has 4 heterocycles. The first kappa shape index (κ1) is 24.4. The number of amides is 3. The lowest BCUT2D eigenvalue weighted by Crippen LogP contribution is -2.50. The number of rotatable bonds is 8. The highest BCUT2D eigenvalue weighted by atomic mass is 32.2. The quantitative estimate of drug-likeness (QED) is 0.489. The fourth-order valence-electron chi connectivity index (χ4n) is 5.27. The lowest BCUT2D eigenvalue weighted by molar-refractivity contribution is 0.0927. The monoisotopic (exact) mass is 521 g/mol. The number of carbonyl (C=O) groups is 2. The molecule has 190 valence electrons. The van der Waals surface area contributed by atoms with Gasteiger partial charge in [-0.05, 0) is 56.6 Å². The Hall–Kier alpha value is -2.28. The Bertz CT molecular complexity index is 1140. The summed E-state index contributed by atoms with van der Waals surface area (Å²) >= 11 is 1.37. The van der Waals surface area contributed by atoms with Crippen molar-refractivity contribution in [2.45, 2.75) is 50.7 Å². The molecule has 35 heavy (non-hydrogen) atoms. The number of hydrogen-bond donors (Lipinski definition) is 3. The standard InChI is InChI=1S/C23H31N5O5S2/c29-21(22-26-18-3-1-2-4-20(18)34-22)24-10-7-15-8-11-28(12-9-15)35(31,32)27-23(30)25-14-16-13-17-5-6-19(16)33-17/h1-4,15-17,19H,5-14H2,(H,24,29)(H2,25,27,30)/t16-,17-,19-/m0/s1. The first-order valence-electron chi connectivity index (χ1n) is 12.2. The molecule has 0 saturated carbocycles. The average Bonchev–Trinajstić information content (AvgIpc) is 3.58. The fraction of sp³-hybridized carbons (Fsp3) is 0.609. The minimum absolute atomic E-state index is 0.182. The molecule has 3 N–H and O–H groups in total. The van der Waals surface area contributed by atoms with Crippen LogP contribution in [0.3, 0.4) is 0 Å². The van der Waals surface area contributed by atoms with Gasteiger partial charge in [-0.3, -0.25) is 4.79 Å². The lowest BCUT2D eigenvalue weighted by Gasteiger charge is -2.31. The van der Waals surface area contributed by atoms with Crippen LogP contribution in [-0.4, -0.2) is 68.0 Å². The van der Waals surface area contributed by atoms with Gasteiger partial charge < -0.3 is 15.4 Å². The predicted octanol–water partition coefficient (Wildman–Crippen LogP) is 2.24. The molecule has 0 spiro atoms. The molecule has 3 amide bonds. The number of urea groups is 1. The Morgan fingerprint density at radius 2 is 1.91 bits per heavy atom. The van der Waals surface area contributed by atoms with Gasteiger partial charge in [0.05, 0.1) is 22.4 Å². The van der Waals surface area contributed by atoms with E-state index in [9.17, 15) is 18.0 Å². The SMILES string of the molecule is O=C(NC[C@@H]1C[C@@H]2CC[C@@H]1O2)NS(=O)(=O)N1CCC(CCNC(=O)c2nc3ccccc3s2)CC1. The number of aromatic nitrogens is 1. The van der Waals surface area contributed by atoms with Crippen molar-refractivity contribution in [3.05, 3.63) is 29.3 Å². The first-order chi connectivity index (χ1) is 16.9. The minimum atomic E-state index is -3.88. The Balaban J connectivity index is 1.01. The fourth-order valence-corrected chi connectivity index (χ4v) is 7.28. The summed E-state index contributed by atoms with van der Waals surface area (Å²) in [5.74, 6) is 0.384. The van der Waals surface area contributed by atoms with Gasteiger partial charge in [0.2, 0.25) is 0 Å². The third-order valence-electron chi connectivity index (χ3n) is 7.22. The van der Waals surface area contributed by atoms with Crippen LogP contribution in [0, 0.1) is 11.8 Å². The molecule has 0 aliphatic carbocycles. The second-order valence-electron chi connectivity index (χ2n) is 9.56. The predicted molar refractivity (Wildman–Crippen MR) is 132 cm³/mol. The molecule has 1 aromatic heterocycles. The van der Waals surface area contributed by atoms with Gasteiger partial charge >= 0.3 is 16.2 Å². The summed E-state index contributed by atoms with van der Waals surface area (Å²) in [7, 11) is -3.88. The third-order valence-corrected chi connectivity index (χ3v) is 9.74. The average molecular weight is 522 g/mol. The van der Waals surface area contributed by atoms with E-state index in [2.05, 4.69) is 20.3 Å². The van der Waals surface area contributed by atoms with Crippen LogP contribution in [0.1, 0.15) is 48.3 Å². The van der Waals surface area contributed by atoms with E-state index in [4.69, 9.17) is 4.74 Å². The first-order valence-corrected chi connectivity index (χ1v) is 14.5. The topological polar surface area (TPSA) is 130 Å². The van der Waals surface area contributed by atoms with Crippen LogP contribution >= 0.6 is 11.3 Å². The van der Waals surface area contributed by atoms with Gasteiger partial charge in [-0.1, -0.05) is 12.1 Å². The summed E-state index contributed by atoms with van der Waals surface area (Å²) in [5, 5.41) is 6.07. The minimum Gasteiger partial charge on any atom is -0.375 e. The van der Waals surface area contributed by atoms with E-state index >= 15 is 0 Å². The molecule has 3 aliphatic heterocycles. The zero-order valence-corrected chi connectivity index (χ0v) is 21.1. The molecule has 0 radical (unpaired) electrons. The largest absolute Gasteiger partial charge is 0.375 e. The van der Waals surface area contributed by atoms with Gasteiger partial charge in [-0.25, -0.2) is 14.5 Å². The summed E-state index contributed by atoms with van der Waals surface area (Å²) in [6, 6.07) is 6.96. The molecular formula is C23H31N5O5S2. The Morgan fingerprint density at radius 3 is 2.63 bits per heavy atom. The zero-order valence-electron chi connectivity index (χ0n) is 19.4. The van der Waals surface area contributed by atoms with Crippen molar-refractivity contribution in [3.63, 3.8) is 0 Å². The number of benzene rings is 1. The van der Waals surface area contributed by atoms with Crippen molar-refractivity contribution >= 4 is 43.7 Å². The molecule has 5 rings (SSSR count). The maximum absolute atomic E-state index is 12.6. The van der Waals surface area contributed by atoms with Crippen LogP contribution in [0.5, 0.6) is 0 Å². The van der Waals surface area contributed by atoms with Crippen LogP contribution in [0.4, 0.5) is 4.79 Å². The molecule has 3 fully saturated rings. The maximum Gasteiger partial charge on any atom is 0.329 e. The van der Waals surface area contributed by atoms with Crippen LogP contribution in [0.25, 0.3) is 10.2 Å². The summed E-state index contributed by atoms with van der Waals surface area (Å²) in [6.07, 6.45) is 5.62. The second-order valence-corrected chi connectivity index (χ2v) is 12.3. The number of piperidine rings is 1. The summed E-state index contributed by atoms with van der Waals surface area (Å²) in [4.78, 5) is 29.0. The van der Waals surface area contributed by atoms with E-state index < -0.39 is 16.2 Å². The van der Waals surface area contributed by atoms with E-state index in [1.54, 1.807) is 0 Å². The van der Waals surface area contributed by atoms with Gasteiger partial charge in [-0.2, -0.15) is 12.7 Å². The van der Waals surface area contributed by atoms with E-state index in [1.807, 2.05) is 24.3 Å². The van der Waals surface area contributed by atoms with Crippen molar-refractivity contribution in [2.75, 3.05) is 26.2 Å². The number of nitrogens with one attached hydrogen (secondary N) is 3. The van der Waals surface area contributed by atoms with Crippen LogP contribution in [-0.2, 0) is 14.9 Å². The number of nitrogens with zero attached hydrogens (tertiary/aromatic N) is 2. The normalized spacial score (nSPS) is 25.1. The Labute approximate surface area is 209 Å². The van der Waals surface area contributed by atoms with Gasteiger partial charge in [-0.15, -0.1) is 11.3 Å². The number of ether oxygens (including phenoxy) is 1. The maximum atomic E-state index is 12.6. The van der Waals surface area contributed by atoms with Crippen LogP contribution in [0.2, 0.25) is 0 Å². The number of para-hydroxylation sites is 1. The van der Waals surface area contributed by atoms with Crippen molar-refractivity contribution in [3.8, 4) is 0 Å². The molecule has 3 atom stereocenters. The summed E-state index contributed by atoms with van der Waals surface area (Å²) < 4.78 is 35.5. The smallest absolute Gasteiger partial charge is 0.329 e. The van der Waals surface area contributed by atoms with Crippen LogP contribution in [0.15, 0.2) is 24.3 Å². The lowest BCUT2D eigenvalue weighted by atomic mass is 9.89. The molecular weight excluding hydrogens is 490 g/mol. The van der Waals surface area contributed by atoms with Crippen molar-refractivity contribution in [1.29, 1.82) is 0 Å². The molecule has 0 unspecified atom stereocenters. The molecule has 3 saturated heterocycles. The van der Waals surface area contributed by atoms with Crippen molar-refractivity contribution < 1.29 is 22.7 Å². The van der Waals surface area contributed by atoms with Gasteiger partial charge in [0.1, 0.15) is 0 Å². The highest BCUT2D eigenvalue weighted by Gasteiger charge is 2.40. The Morgan fingerprint density at radius 1 is 1.11 bits per heavy atom. The van der Waals surface area contributed by atoms with Crippen LogP contribution < -0.4 is 15.4 Å².